The molecular weight excluding hydrogens is 498 g/mol. The van der Waals surface area contributed by atoms with Crippen LogP contribution >= 0.6 is 0 Å². The lowest BCUT2D eigenvalue weighted by atomic mass is 9.76. The topological polar surface area (TPSA) is 131 Å². The first-order valence-corrected chi connectivity index (χ1v) is 14.3. The lowest BCUT2D eigenvalue weighted by Gasteiger charge is -2.34. The minimum absolute atomic E-state index is 0.00474. The second kappa shape index (κ2) is 13.4. The summed E-state index contributed by atoms with van der Waals surface area (Å²) >= 11 is 0. The van der Waals surface area contributed by atoms with Gasteiger partial charge in [-0.05, 0) is 77.0 Å². The van der Waals surface area contributed by atoms with Crippen molar-refractivity contribution in [2.24, 2.45) is 29.6 Å². The predicted molar refractivity (Wildman–Crippen MR) is 148 cm³/mol. The molecule has 0 spiro atoms. The van der Waals surface area contributed by atoms with Crippen LogP contribution in [0.3, 0.4) is 0 Å². The van der Waals surface area contributed by atoms with Crippen molar-refractivity contribution in [1.82, 2.24) is 16.0 Å². The largest absolute Gasteiger partial charge is 0.444 e. The van der Waals surface area contributed by atoms with E-state index in [0.29, 0.717) is 12.8 Å². The van der Waals surface area contributed by atoms with Gasteiger partial charge in [-0.3, -0.25) is 19.2 Å². The molecule has 0 aromatic carbocycles. The molecule has 0 heterocycles. The summed E-state index contributed by atoms with van der Waals surface area (Å²) in [7, 11) is 0. The van der Waals surface area contributed by atoms with E-state index in [0.717, 1.165) is 38.5 Å². The van der Waals surface area contributed by atoms with Crippen LogP contribution in [0.4, 0.5) is 4.79 Å². The van der Waals surface area contributed by atoms with Crippen molar-refractivity contribution >= 4 is 29.5 Å². The Bertz CT molecular complexity index is 964. The Balaban J connectivity index is 1.77. The van der Waals surface area contributed by atoms with Gasteiger partial charge in [-0.2, -0.15) is 0 Å². The maximum absolute atomic E-state index is 14.0. The van der Waals surface area contributed by atoms with Gasteiger partial charge in [0.2, 0.25) is 11.7 Å². The van der Waals surface area contributed by atoms with Gasteiger partial charge in [-0.1, -0.05) is 31.4 Å². The molecule has 3 rings (SSSR count). The van der Waals surface area contributed by atoms with Crippen molar-refractivity contribution in [3.05, 3.63) is 25.3 Å². The van der Waals surface area contributed by atoms with Crippen LogP contribution in [0, 0.1) is 29.6 Å². The summed E-state index contributed by atoms with van der Waals surface area (Å²) in [5.74, 6) is -2.83. The average molecular weight is 544 g/mol. The fourth-order valence-corrected chi connectivity index (χ4v) is 6.21. The van der Waals surface area contributed by atoms with Crippen molar-refractivity contribution in [3.63, 3.8) is 0 Å². The Morgan fingerprint density at radius 2 is 1.67 bits per heavy atom. The second-order valence-corrected chi connectivity index (χ2v) is 12.2. The fraction of sp³-hybridized carbons (Fsp3) is 0.700. The van der Waals surface area contributed by atoms with Crippen molar-refractivity contribution < 1.29 is 28.7 Å². The average Bonchev–Trinajstić information content (AvgIpc) is 3.55. The summed E-state index contributed by atoms with van der Waals surface area (Å²) in [6, 6.07) is -1.73. The van der Waals surface area contributed by atoms with E-state index in [1.807, 2.05) is 0 Å². The first-order valence-electron chi connectivity index (χ1n) is 14.3. The summed E-state index contributed by atoms with van der Waals surface area (Å²) in [5, 5.41) is 8.13. The number of nitrogens with one attached hydrogen (secondary N) is 3. The number of fused-ring (bicyclic) bond motifs is 1. The molecule has 9 nitrogen and oxygen atoms in total. The highest BCUT2D eigenvalue weighted by Crippen LogP contribution is 2.58. The van der Waals surface area contributed by atoms with Crippen LogP contribution in [0.1, 0.15) is 78.6 Å². The highest BCUT2D eigenvalue weighted by molar-refractivity contribution is 6.38. The molecule has 0 aromatic heterocycles. The molecule has 0 aliphatic heterocycles. The molecule has 0 bridgehead atoms. The number of hydrogen-bond acceptors (Lipinski definition) is 6. The molecule has 3 amide bonds. The van der Waals surface area contributed by atoms with Crippen LogP contribution in [0.5, 0.6) is 0 Å². The Morgan fingerprint density at radius 1 is 0.974 bits per heavy atom. The normalized spacial score (nSPS) is 25.8. The molecule has 0 radical (unpaired) electrons. The Kier molecular flexibility index (Phi) is 10.5. The van der Waals surface area contributed by atoms with Gasteiger partial charge in [0.25, 0.3) is 5.91 Å². The number of alkyl carbamates (subject to hydrolysis) is 1. The van der Waals surface area contributed by atoms with Crippen LogP contribution in [-0.2, 0) is 23.9 Å². The summed E-state index contributed by atoms with van der Waals surface area (Å²) in [6.07, 6.45) is 9.35. The molecular formula is C30H45N3O6. The lowest BCUT2D eigenvalue weighted by molar-refractivity contribution is -0.141. The van der Waals surface area contributed by atoms with Crippen LogP contribution in [0.15, 0.2) is 25.3 Å². The Hall–Kier alpha value is -2.97. The van der Waals surface area contributed by atoms with Gasteiger partial charge in [0.15, 0.2) is 5.78 Å². The van der Waals surface area contributed by atoms with Crippen LogP contribution < -0.4 is 16.0 Å². The van der Waals surface area contributed by atoms with E-state index in [-0.39, 0.29) is 42.4 Å². The van der Waals surface area contributed by atoms with E-state index < -0.39 is 47.3 Å². The minimum atomic E-state index is -1.01. The van der Waals surface area contributed by atoms with Crippen LogP contribution in [0.25, 0.3) is 0 Å². The number of carbonyl (C=O) groups excluding carboxylic acids is 5. The van der Waals surface area contributed by atoms with Crippen LogP contribution in [0.2, 0.25) is 0 Å². The van der Waals surface area contributed by atoms with Gasteiger partial charge in [0, 0.05) is 12.5 Å². The zero-order valence-electron chi connectivity index (χ0n) is 23.6. The number of hydrogen-bond donors (Lipinski definition) is 3. The summed E-state index contributed by atoms with van der Waals surface area (Å²) < 4.78 is 5.47. The summed E-state index contributed by atoms with van der Waals surface area (Å²) in [4.78, 5) is 65.6. The molecule has 3 N–H and O–H groups in total. The molecule has 3 saturated carbocycles. The maximum Gasteiger partial charge on any atom is 0.408 e. The molecule has 6 atom stereocenters. The van der Waals surface area contributed by atoms with Crippen LogP contribution in [-0.4, -0.2) is 53.7 Å². The number of ketones is 2. The molecule has 2 unspecified atom stereocenters. The van der Waals surface area contributed by atoms with E-state index in [4.69, 9.17) is 4.74 Å². The zero-order valence-corrected chi connectivity index (χ0v) is 23.6. The number of carbonyl (C=O) groups is 5. The fourth-order valence-electron chi connectivity index (χ4n) is 6.21. The summed E-state index contributed by atoms with van der Waals surface area (Å²) in [6.45, 7) is 12.7. The Morgan fingerprint density at radius 3 is 2.28 bits per heavy atom. The van der Waals surface area contributed by atoms with Crippen molar-refractivity contribution in [2.45, 2.75) is 96.2 Å². The van der Waals surface area contributed by atoms with E-state index in [2.05, 4.69) is 29.1 Å². The second-order valence-electron chi connectivity index (χ2n) is 12.2. The third kappa shape index (κ3) is 8.26. The molecule has 39 heavy (non-hydrogen) atoms. The standard InChI is InChI=1S/C30H45N3O6/c1-6-8-14-22(26(35)28(37)31-15-7-2)32-27(36)23-20-16-19(20)17-21(23)25(34)24(18-12-10-9-11-13-18)33-29(38)39-30(3,4)5/h6-7,18-24H,1-2,8-17H2,3-5H3,(H,31,37)(H,32,36)(H,33,38)/t19-,20-,21?,22?,23+,24-/m0/s1. The monoisotopic (exact) mass is 543 g/mol. The smallest absolute Gasteiger partial charge is 0.408 e. The van der Waals surface area contributed by atoms with Gasteiger partial charge in [0.05, 0.1) is 18.0 Å². The summed E-state index contributed by atoms with van der Waals surface area (Å²) in [5.41, 5.74) is -0.702. The molecule has 9 heteroatoms. The molecule has 3 aliphatic rings. The van der Waals surface area contributed by atoms with Gasteiger partial charge >= 0.3 is 6.09 Å². The van der Waals surface area contributed by atoms with Crippen molar-refractivity contribution in [3.8, 4) is 0 Å². The number of rotatable bonds is 13. The van der Waals surface area contributed by atoms with E-state index in [1.54, 1.807) is 26.8 Å². The quantitative estimate of drug-likeness (QED) is 0.240. The third-order valence-electron chi connectivity index (χ3n) is 8.12. The van der Waals surface area contributed by atoms with Crippen molar-refractivity contribution in [1.29, 1.82) is 0 Å². The predicted octanol–water partition coefficient (Wildman–Crippen LogP) is 3.62. The third-order valence-corrected chi connectivity index (χ3v) is 8.12. The lowest BCUT2D eigenvalue weighted by Crippen LogP contribution is -2.53. The number of Topliss-reactive ketones (excluding diaryl/α,β-unsaturated/α-hetero) is 2. The number of amides is 3. The van der Waals surface area contributed by atoms with Gasteiger partial charge in [-0.25, -0.2) is 4.79 Å². The zero-order chi connectivity index (χ0) is 28.7. The first kappa shape index (κ1) is 30.6. The highest BCUT2D eigenvalue weighted by atomic mass is 16.6. The van der Waals surface area contributed by atoms with Crippen molar-refractivity contribution in [2.75, 3.05) is 6.54 Å². The molecule has 0 aromatic rings. The Labute approximate surface area is 231 Å². The van der Waals surface area contributed by atoms with E-state index in [9.17, 15) is 24.0 Å². The SMILES string of the molecule is C=CCCC(NC(=O)[C@H]1C(C(=O)[C@@H](NC(=O)OC(C)(C)C)C2CCCCC2)C[C@@H]2C[C@@H]21)C(=O)C(=O)NCC=C. The van der Waals surface area contributed by atoms with E-state index in [1.165, 1.54) is 6.08 Å². The molecule has 0 saturated heterocycles. The van der Waals surface area contributed by atoms with Gasteiger partial charge < -0.3 is 20.7 Å². The van der Waals surface area contributed by atoms with Gasteiger partial charge in [-0.15, -0.1) is 13.2 Å². The minimum Gasteiger partial charge on any atom is -0.444 e. The molecule has 216 valence electrons. The number of allylic oxidation sites excluding steroid dienone is 1. The highest BCUT2D eigenvalue weighted by Gasteiger charge is 2.59. The number of ether oxygens (including phenoxy) is 1. The maximum atomic E-state index is 14.0. The van der Waals surface area contributed by atoms with Gasteiger partial charge in [0.1, 0.15) is 5.60 Å². The first-order chi connectivity index (χ1) is 18.5. The van der Waals surface area contributed by atoms with E-state index >= 15 is 0 Å². The molecule has 3 fully saturated rings. The molecule has 3 aliphatic carbocycles.